The van der Waals surface area contributed by atoms with E-state index < -0.39 is 21.6 Å². The zero-order chi connectivity index (χ0) is 23.9. The van der Waals surface area contributed by atoms with Crippen molar-refractivity contribution in [1.82, 2.24) is 19.7 Å². The number of rotatable bonds is 5. The Balaban J connectivity index is 1.66. The second-order valence-electron chi connectivity index (χ2n) is 7.60. The van der Waals surface area contributed by atoms with Gasteiger partial charge in [0.2, 0.25) is 9.84 Å². The van der Waals surface area contributed by atoms with Gasteiger partial charge in [-0.2, -0.15) is 10.4 Å². The summed E-state index contributed by atoms with van der Waals surface area (Å²) in [5, 5.41) is 16.6. The summed E-state index contributed by atoms with van der Waals surface area (Å²) in [6, 6.07) is 11.8. The molecule has 8 nitrogen and oxygen atoms in total. The van der Waals surface area contributed by atoms with E-state index >= 15 is 0 Å². The number of sulfone groups is 1. The molecule has 0 aliphatic rings. The van der Waals surface area contributed by atoms with Crippen molar-refractivity contribution in [1.29, 1.82) is 5.26 Å². The average molecular weight is 466 g/mol. The Morgan fingerprint density at radius 1 is 1.21 bits per heavy atom. The molecule has 2 aromatic heterocycles. The number of carbonyl (C=O) groups is 1. The van der Waals surface area contributed by atoms with Crippen LogP contribution in [0.15, 0.2) is 58.5 Å². The number of nitrogens with one attached hydrogen (secondary N) is 1. The summed E-state index contributed by atoms with van der Waals surface area (Å²) in [6.45, 7) is 1.49. The highest BCUT2D eigenvalue weighted by Gasteiger charge is 2.26. The third-order valence-corrected chi connectivity index (χ3v) is 7.53. The first-order chi connectivity index (χ1) is 15.6. The third kappa shape index (κ3) is 3.76. The van der Waals surface area contributed by atoms with Crippen molar-refractivity contribution in [2.24, 2.45) is 14.1 Å². The van der Waals surface area contributed by atoms with E-state index in [1.54, 1.807) is 33.3 Å². The first-order valence-electron chi connectivity index (χ1n) is 9.94. The molecule has 1 amide bonds. The fourth-order valence-corrected chi connectivity index (χ4v) is 5.36. The highest BCUT2D eigenvalue weighted by atomic mass is 32.2. The summed E-state index contributed by atoms with van der Waals surface area (Å²) < 4.78 is 43.8. The number of carbonyl (C=O) groups excluding carboxylic acids is 1. The molecule has 0 saturated carbocycles. The van der Waals surface area contributed by atoms with Crippen LogP contribution in [0.3, 0.4) is 0 Å². The number of amides is 1. The number of fused-ring (bicyclic) bond motifs is 1. The highest BCUT2D eigenvalue weighted by molar-refractivity contribution is 7.91. The maximum Gasteiger partial charge on any atom is 0.268 e. The van der Waals surface area contributed by atoms with E-state index in [0.29, 0.717) is 11.2 Å². The number of nitriles is 1. The van der Waals surface area contributed by atoms with Gasteiger partial charge in [0.15, 0.2) is 0 Å². The molecule has 0 unspecified atom stereocenters. The summed E-state index contributed by atoms with van der Waals surface area (Å²) in [6.07, 6.45) is 1.61. The minimum atomic E-state index is -3.96. The van der Waals surface area contributed by atoms with Crippen LogP contribution < -0.4 is 5.32 Å². The zero-order valence-electron chi connectivity index (χ0n) is 18.1. The molecule has 0 fully saturated rings. The molecule has 168 valence electrons. The van der Waals surface area contributed by atoms with Crippen molar-refractivity contribution in [2.75, 3.05) is 0 Å². The van der Waals surface area contributed by atoms with Gasteiger partial charge in [-0.1, -0.05) is 6.07 Å². The maximum atomic E-state index is 14.5. The fourth-order valence-electron chi connectivity index (χ4n) is 3.77. The molecular weight excluding hydrogens is 445 g/mol. The molecule has 4 rings (SSSR count). The van der Waals surface area contributed by atoms with E-state index in [1.165, 1.54) is 45.6 Å². The molecule has 0 spiro atoms. The van der Waals surface area contributed by atoms with Crippen LogP contribution in [0.1, 0.15) is 27.3 Å². The second-order valence-corrected chi connectivity index (χ2v) is 9.51. The average Bonchev–Trinajstić information content (AvgIpc) is 3.33. The zero-order valence-corrected chi connectivity index (χ0v) is 18.9. The van der Waals surface area contributed by atoms with Crippen LogP contribution in [0.5, 0.6) is 0 Å². The SMILES string of the molecule is Cc1c(S(=O)(=O)c2cccc(C#N)c2)cc(C(=O)NCc2c(F)ccc3cnn(C)c23)n1C. The van der Waals surface area contributed by atoms with Crippen LogP contribution in [-0.4, -0.2) is 28.7 Å². The molecule has 0 atom stereocenters. The number of hydrogen-bond acceptors (Lipinski definition) is 5. The third-order valence-electron chi connectivity index (χ3n) is 5.66. The van der Waals surface area contributed by atoms with Crippen LogP contribution in [-0.2, 0) is 30.5 Å². The normalized spacial score (nSPS) is 11.5. The van der Waals surface area contributed by atoms with Gasteiger partial charge < -0.3 is 9.88 Å². The van der Waals surface area contributed by atoms with Crippen molar-refractivity contribution in [2.45, 2.75) is 23.3 Å². The first-order valence-corrected chi connectivity index (χ1v) is 11.4. The van der Waals surface area contributed by atoms with Gasteiger partial charge in [0, 0.05) is 37.3 Å². The van der Waals surface area contributed by atoms with Gasteiger partial charge in [0.1, 0.15) is 11.5 Å². The Hall–Kier alpha value is -3.97. The molecule has 2 aromatic carbocycles. The van der Waals surface area contributed by atoms with Gasteiger partial charge in [0.25, 0.3) is 5.91 Å². The quantitative estimate of drug-likeness (QED) is 0.487. The number of hydrogen-bond donors (Lipinski definition) is 1. The van der Waals surface area contributed by atoms with E-state index in [9.17, 15) is 17.6 Å². The van der Waals surface area contributed by atoms with Crippen LogP contribution in [0.2, 0.25) is 0 Å². The molecule has 0 saturated heterocycles. The minimum Gasteiger partial charge on any atom is -0.346 e. The predicted molar refractivity (Wildman–Crippen MR) is 119 cm³/mol. The smallest absolute Gasteiger partial charge is 0.268 e. The standard InChI is InChI=1S/C23H20FN5O3S/c1-14-21(33(31,32)17-6-4-5-15(9-17)11-25)10-20(28(14)2)23(30)26-13-18-19(24)8-7-16-12-27-29(3)22(16)18/h4-10,12H,13H2,1-3H3,(H,26,30). The van der Waals surface area contributed by atoms with Gasteiger partial charge in [-0.05, 0) is 43.3 Å². The molecule has 0 aliphatic carbocycles. The predicted octanol–water partition coefficient (Wildman–Crippen LogP) is 2.99. The van der Waals surface area contributed by atoms with Gasteiger partial charge in [-0.15, -0.1) is 0 Å². The summed E-state index contributed by atoms with van der Waals surface area (Å²) >= 11 is 0. The molecule has 4 aromatic rings. The van der Waals surface area contributed by atoms with E-state index in [4.69, 9.17) is 5.26 Å². The molecule has 0 aliphatic heterocycles. The Labute approximate surface area is 189 Å². The number of benzene rings is 2. The molecule has 1 N–H and O–H groups in total. The Morgan fingerprint density at radius 2 is 1.97 bits per heavy atom. The molecular formula is C23H20FN5O3S. The van der Waals surface area contributed by atoms with Crippen molar-refractivity contribution in [3.63, 3.8) is 0 Å². The number of halogens is 1. The maximum absolute atomic E-state index is 14.5. The van der Waals surface area contributed by atoms with E-state index in [2.05, 4.69) is 10.4 Å². The van der Waals surface area contributed by atoms with E-state index in [-0.39, 0.29) is 33.2 Å². The summed E-state index contributed by atoms with van der Waals surface area (Å²) in [7, 11) is -0.694. The summed E-state index contributed by atoms with van der Waals surface area (Å²) in [4.78, 5) is 12.9. The molecule has 10 heteroatoms. The Morgan fingerprint density at radius 3 is 2.70 bits per heavy atom. The number of aromatic nitrogens is 3. The van der Waals surface area contributed by atoms with Gasteiger partial charge in [0.05, 0.1) is 33.1 Å². The van der Waals surface area contributed by atoms with E-state index in [0.717, 1.165) is 5.39 Å². The number of aryl methyl sites for hydroxylation is 1. The molecule has 0 bridgehead atoms. The lowest BCUT2D eigenvalue weighted by molar-refractivity contribution is 0.0942. The van der Waals surface area contributed by atoms with Crippen LogP contribution in [0, 0.1) is 24.1 Å². The van der Waals surface area contributed by atoms with Crippen molar-refractivity contribution < 1.29 is 17.6 Å². The van der Waals surface area contributed by atoms with Crippen molar-refractivity contribution in [3.8, 4) is 6.07 Å². The second kappa shape index (κ2) is 8.18. The highest BCUT2D eigenvalue weighted by Crippen LogP contribution is 2.27. The fraction of sp³-hybridized carbons (Fsp3) is 0.174. The monoisotopic (exact) mass is 465 g/mol. The van der Waals surface area contributed by atoms with Crippen LogP contribution >= 0.6 is 0 Å². The molecule has 0 radical (unpaired) electrons. The number of nitrogens with zero attached hydrogens (tertiary/aromatic N) is 4. The Bertz CT molecular complexity index is 1560. The van der Waals surface area contributed by atoms with Crippen LogP contribution in [0.4, 0.5) is 4.39 Å². The summed E-state index contributed by atoms with van der Waals surface area (Å²) in [5.74, 6) is -1.03. The van der Waals surface area contributed by atoms with Crippen LogP contribution in [0.25, 0.3) is 10.9 Å². The van der Waals surface area contributed by atoms with Gasteiger partial charge in [-0.3, -0.25) is 9.48 Å². The topological polar surface area (TPSA) is 110 Å². The lowest BCUT2D eigenvalue weighted by Gasteiger charge is -2.10. The van der Waals surface area contributed by atoms with Gasteiger partial charge in [-0.25, -0.2) is 12.8 Å². The van der Waals surface area contributed by atoms with E-state index in [1.807, 2.05) is 6.07 Å². The van der Waals surface area contributed by atoms with Gasteiger partial charge >= 0.3 is 0 Å². The van der Waals surface area contributed by atoms with Crippen molar-refractivity contribution >= 4 is 26.6 Å². The largest absolute Gasteiger partial charge is 0.346 e. The summed E-state index contributed by atoms with van der Waals surface area (Å²) in [5.41, 5.74) is 1.54. The lowest BCUT2D eigenvalue weighted by Crippen LogP contribution is -2.25. The molecule has 2 heterocycles. The Kier molecular flexibility index (Phi) is 5.51. The van der Waals surface area contributed by atoms with Crippen molar-refractivity contribution in [3.05, 3.63) is 77.0 Å². The lowest BCUT2D eigenvalue weighted by atomic mass is 10.1. The molecule has 33 heavy (non-hydrogen) atoms. The first kappa shape index (κ1) is 22.2. The minimum absolute atomic E-state index is 0.0350.